The molecule has 0 fully saturated rings. The third-order valence-corrected chi connectivity index (χ3v) is 4.21. The highest BCUT2D eigenvalue weighted by Gasteiger charge is 2.24. The molecule has 1 amide bonds. The Balaban J connectivity index is 2.85. The Kier molecular flexibility index (Phi) is 7.11. The fourth-order valence-corrected chi connectivity index (χ4v) is 2.85. The Labute approximate surface area is 141 Å². The van der Waals surface area contributed by atoms with Crippen molar-refractivity contribution in [3.8, 4) is 5.75 Å². The minimum atomic E-state index is -0.505. The normalized spacial score (nSPS) is 13.0. The number of carbonyl (C=O) groups is 1. The van der Waals surface area contributed by atoms with Crippen LogP contribution >= 0.6 is 0 Å². The summed E-state index contributed by atoms with van der Waals surface area (Å²) in [5, 5.41) is 3.14. The number of ether oxygens (including phenoxy) is 1. The summed E-state index contributed by atoms with van der Waals surface area (Å²) >= 11 is 0. The van der Waals surface area contributed by atoms with Gasteiger partial charge >= 0.3 is 0 Å². The van der Waals surface area contributed by atoms with Crippen LogP contribution in [0.4, 0.5) is 0 Å². The molecule has 1 N–H and O–H groups in total. The number of rotatable bonds is 7. The molecule has 23 heavy (non-hydrogen) atoms. The molecule has 0 spiro atoms. The Hall–Kier alpha value is -1.51. The van der Waals surface area contributed by atoms with Crippen molar-refractivity contribution >= 4 is 5.91 Å². The van der Waals surface area contributed by atoms with Crippen LogP contribution in [0.3, 0.4) is 0 Å². The molecule has 1 atom stereocenters. The molecule has 0 heterocycles. The van der Waals surface area contributed by atoms with Gasteiger partial charge in [0.1, 0.15) is 5.75 Å². The topological polar surface area (TPSA) is 38.3 Å². The third kappa shape index (κ3) is 5.56. The first-order valence-corrected chi connectivity index (χ1v) is 8.71. The Morgan fingerprint density at radius 3 is 2.04 bits per heavy atom. The van der Waals surface area contributed by atoms with Crippen molar-refractivity contribution in [2.45, 2.75) is 73.5 Å². The number of carbonyl (C=O) groups excluding carboxylic acids is 1. The fourth-order valence-electron chi connectivity index (χ4n) is 2.85. The van der Waals surface area contributed by atoms with Crippen molar-refractivity contribution in [3.63, 3.8) is 0 Å². The van der Waals surface area contributed by atoms with E-state index in [1.807, 2.05) is 19.9 Å². The lowest BCUT2D eigenvalue weighted by molar-refractivity contribution is -0.128. The molecular formula is C20H33NO2. The van der Waals surface area contributed by atoms with Crippen LogP contribution in [0.2, 0.25) is 0 Å². The van der Waals surface area contributed by atoms with E-state index in [4.69, 9.17) is 4.74 Å². The Bertz CT molecular complexity index is 512. The first kappa shape index (κ1) is 19.5. The van der Waals surface area contributed by atoms with Crippen molar-refractivity contribution in [2.75, 3.05) is 0 Å². The maximum atomic E-state index is 12.5. The maximum Gasteiger partial charge on any atom is 0.261 e. The first-order chi connectivity index (χ1) is 10.6. The quantitative estimate of drug-likeness (QED) is 0.792. The molecule has 0 radical (unpaired) electrons. The smallest absolute Gasteiger partial charge is 0.261 e. The molecule has 0 unspecified atom stereocenters. The van der Waals surface area contributed by atoms with Crippen molar-refractivity contribution < 1.29 is 9.53 Å². The monoisotopic (exact) mass is 319 g/mol. The van der Waals surface area contributed by atoms with Gasteiger partial charge in [0.25, 0.3) is 5.91 Å². The highest BCUT2D eigenvalue weighted by atomic mass is 16.5. The summed E-state index contributed by atoms with van der Waals surface area (Å²) < 4.78 is 6.00. The molecule has 0 aliphatic rings. The number of hydrogen-bond acceptors (Lipinski definition) is 2. The predicted molar refractivity (Wildman–Crippen MR) is 97.0 cm³/mol. The zero-order valence-corrected chi connectivity index (χ0v) is 15.9. The van der Waals surface area contributed by atoms with Gasteiger partial charge in [0.15, 0.2) is 6.10 Å². The highest BCUT2D eigenvalue weighted by molar-refractivity contribution is 5.81. The van der Waals surface area contributed by atoms with Crippen molar-refractivity contribution in [1.29, 1.82) is 0 Å². The lowest BCUT2D eigenvalue weighted by atomic mass is 9.93. The van der Waals surface area contributed by atoms with Crippen molar-refractivity contribution in [3.05, 3.63) is 29.3 Å². The summed E-state index contributed by atoms with van der Waals surface area (Å²) in [7, 11) is 0. The largest absolute Gasteiger partial charge is 0.481 e. The van der Waals surface area contributed by atoms with Crippen LogP contribution in [-0.4, -0.2) is 18.1 Å². The first-order valence-electron chi connectivity index (χ1n) is 8.71. The van der Waals surface area contributed by atoms with E-state index in [1.165, 1.54) is 0 Å². The van der Waals surface area contributed by atoms with Crippen LogP contribution in [0.15, 0.2) is 18.2 Å². The number of hydrogen-bond donors (Lipinski definition) is 1. The second-order valence-corrected chi connectivity index (χ2v) is 7.48. The lowest BCUT2D eigenvalue weighted by Gasteiger charge is -2.28. The van der Waals surface area contributed by atoms with Gasteiger partial charge in [-0.05, 0) is 48.8 Å². The zero-order chi connectivity index (χ0) is 17.7. The predicted octanol–water partition coefficient (Wildman–Crippen LogP) is 4.68. The lowest BCUT2D eigenvalue weighted by Crippen LogP contribution is -2.47. The fraction of sp³-hybridized carbons (Fsp3) is 0.650. The number of amides is 1. The van der Waals surface area contributed by atoms with E-state index < -0.39 is 6.10 Å². The van der Waals surface area contributed by atoms with Gasteiger partial charge in [0.05, 0.1) is 0 Å². The molecule has 1 aromatic carbocycles. The number of benzene rings is 1. The van der Waals surface area contributed by atoms with Gasteiger partial charge in [-0.3, -0.25) is 4.79 Å². The molecule has 1 aromatic rings. The second kappa shape index (κ2) is 8.37. The summed E-state index contributed by atoms with van der Waals surface area (Å²) in [6.07, 6.45) is -0.505. The van der Waals surface area contributed by atoms with E-state index in [1.54, 1.807) is 0 Å². The molecule has 3 heteroatoms. The molecule has 0 saturated carbocycles. The zero-order valence-electron chi connectivity index (χ0n) is 15.9. The van der Waals surface area contributed by atoms with Crippen molar-refractivity contribution in [1.82, 2.24) is 5.32 Å². The van der Waals surface area contributed by atoms with E-state index in [-0.39, 0.29) is 11.9 Å². The molecule has 0 saturated heterocycles. The van der Waals surface area contributed by atoms with Gasteiger partial charge in [0, 0.05) is 6.04 Å². The molecule has 130 valence electrons. The molecule has 0 aliphatic heterocycles. The van der Waals surface area contributed by atoms with Crippen LogP contribution in [0.1, 0.15) is 65.5 Å². The molecule has 3 nitrogen and oxygen atoms in total. The summed E-state index contributed by atoms with van der Waals surface area (Å²) in [5.74, 6) is 1.93. The van der Waals surface area contributed by atoms with Gasteiger partial charge in [-0.2, -0.15) is 0 Å². The van der Waals surface area contributed by atoms with Crippen LogP contribution in [0, 0.1) is 18.8 Å². The third-order valence-electron chi connectivity index (χ3n) is 4.21. The van der Waals surface area contributed by atoms with Crippen molar-refractivity contribution in [2.24, 2.45) is 11.8 Å². The minimum Gasteiger partial charge on any atom is -0.481 e. The molecule has 0 aromatic heterocycles. The van der Waals surface area contributed by atoms with Crippen LogP contribution < -0.4 is 10.1 Å². The maximum absolute atomic E-state index is 12.5. The summed E-state index contributed by atoms with van der Waals surface area (Å²) in [6.45, 7) is 16.7. The van der Waals surface area contributed by atoms with Crippen LogP contribution in [0.25, 0.3) is 0 Å². The summed E-state index contributed by atoms with van der Waals surface area (Å²) in [4.78, 5) is 12.5. The van der Waals surface area contributed by atoms with Gasteiger partial charge in [-0.1, -0.05) is 53.7 Å². The Morgan fingerprint density at radius 1 is 1.00 bits per heavy atom. The standard InChI is InChI=1S/C20H33NO2/c1-12(2)17-10-9-15(7)11-18(17)23-16(8)20(22)21-19(13(3)4)14(5)6/h9-14,16,19H,1-8H3,(H,21,22)/t16-/m1/s1. The minimum absolute atomic E-state index is 0.0476. The van der Waals surface area contributed by atoms with Gasteiger partial charge in [-0.25, -0.2) is 0 Å². The average molecular weight is 319 g/mol. The Morgan fingerprint density at radius 2 is 1.57 bits per heavy atom. The van der Waals surface area contributed by atoms with Crippen LogP contribution in [0.5, 0.6) is 5.75 Å². The second-order valence-electron chi connectivity index (χ2n) is 7.48. The van der Waals surface area contributed by atoms with Gasteiger partial charge in [-0.15, -0.1) is 0 Å². The average Bonchev–Trinajstić information content (AvgIpc) is 2.43. The van der Waals surface area contributed by atoms with Gasteiger partial charge in [0.2, 0.25) is 0 Å². The van der Waals surface area contributed by atoms with E-state index in [9.17, 15) is 4.79 Å². The van der Waals surface area contributed by atoms with E-state index in [0.717, 1.165) is 16.9 Å². The van der Waals surface area contributed by atoms with Gasteiger partial charge < -0.3 is 10.1 Å². The highest BCUT2D eigenvalue weighted by Crippen LogP contribution is 2.28. The summed E-state index contributed by atoms with van der Waals surface area (Å²) in [5.41, 5.74) is 2.28. The van der Waals surface area contributed by atoms with E-state index >= 15 is 0 Å². The number of nitrogens with one attached hydrogen (secondary N) is 1. The molecule has 0 bridgehead atoms. The summed E-state index contributed by atoms with van der Waals surface area (Å²) in [6, 6.07) is 6.35. The van der Waals surface area contributed by atoms with E-state index in [0.29, 0.717) is 17.8 Å². The number of aryl methyl sites for hydroxylation is 1. The van der Waals surface area contributed by atoms with Crippen LogP contribution in [-0.2, 0) is 4.79 Å². The molecule has 1 rings (SSSR count). The molecular weight excluding hydrogens is 286 g/mol. The SMILES string of the molecule is Cc1ccc(C(C)C)c(O[C@H](C)C(=O)NC(C(C)C)C(C)C)c1. The molecule has 0 aliphatic carbocycles. The van der Waals surface area contributed by atoms with E-state index in [2.05, 4.69) is 59.0 Å².